The maximum Gasteiger partial charge on any atom is 0.355 e. The summed E-state index contributed by atoms with van der Waals surface area (Å²) >= 11 is 0. The fourth-order valence-electron chi connectivity index (χ4n) is 3.32. The van der Waals surface area contributed by atoms with Crippen LogP contribution in [0.4, 0.5) is 0 Å². The highest BCUT2D eigenvalue weighted by Gasteiger charge is 2.36. The normalized spacial score (nSPS) is 20.8. The minimum absolute atomic E-state index is 0.0983. The Morgan fingerprint density at radius 2 is 2.08 bits per heavy atom. The summed E-state index contributed by atoms with van der Waals surface area (Å²) in [5.74, 6) is -0.558. The second kappa shape index (κ2) is 7.86. The minimum atomic E-state index is -3.78. The molecule has 1 aromatic heterocycles. The molecule has 0 spiro atoms. The summed E-state index contributed by atoms with van der Waals surface area (Å²) in [4.78, 5) is 14.9. The summed E-state index contributed by atoms with van der Waals surface area (Å²) in [7, 11) is -2.18. The Morgan fingerprint density at radius 1 is 1.36 bits per heavy atom. The Bertz CT molecular complexity index is 720. The van der Waals surface area contributed by atoms with Crippen molar-refractivity contribution in [2.45, 2.75) is 44.0 Å². The quantitative estimate of drug-likeness (QED) is 0.583. The molecular formula is C16H27N3O5S. The van der Waals surface area contributed by atoms with Crippen molar-refractivity contribution in [3.05, 3.63) is 17.0 Å². The van der Waals surface area contributed by atoms with Gasteiger partial charge in [-0.15, -0.1) is 0 Å². The SMILES string of the molecule is CCOC(=O)c1[nH]c(C)c(S(=O)(=O)NCC2(COC)CCCN2)c1C. The molecule has 0 amide bonds. The third-order valence-corrected chi connectivity index (χ3v) is 6.14. The molecule has 1 unspecified atom stereocenters. The van der Waals surface area contributed by atoms with Crippen molar-refractivity contribution in [3.63, 3.8) is 0 Å². The number of sulfonamides is 1. The van der Waals surface area contributed by atoms with Gasteiger partial charge in [-0.2, -0.15) is 0 Å². The first kappa shape index (κ1) is 19.9. The minimum Gasteiger partial charge on any atom is -0.461 e. The van der Waals surface area contributed by atoms with Crippen molar-refractivity contribution >= 4 is 16.0 Å². The predicted octanol–water partition coefficient (Wildman–Crippen LogP) is 0.855. The fraction of sp³-hybridized carbons (Fsp3) is 0.688. The molecule has 1 saturated heterocycles. The molecule has 25 heavy (non-hydrogen) atoms. The number of aryl methyl sites for hydroxylation is 1. The van der Waals surface area contributed by atoms with Crippen LogP contribution >= 0.6 is 0 Å². The number of rotatable bonds is 8. The first-order valence-corrected chi connectivity index (χ1v) is 9.84. The summed E-state index contributed by atoms with van der Waals surface area (Å²) in [5, 5.41) is 3.33. The van der Waals surface area contributed by atoms with Gasteiger partial charge in [-0.25, -0.2) is 17.9 Å². The summed E-state index contributed by atoms with van der Waals surface area (Å²) in [5.41, 5.74) is 0.548. The zero-order chi connectivity index (χ0) is 18.7. The number of hydrogen-bond donors (Lipinski definition) is 3. The van der Waals surface area contributed by atoms with E-state index < -0.39 is 21.5 Å². The van der Waals surface area contributed by atoms with Crippen LogP contribution in [-0.4, -0.2) is 58.3 Å². The van der Waals surface area contributed by atoms with E-state index >= 15 is 0 Å². The highest BCUT2D eigenvalue weighted by Crippen LogP contribution is 2.25. The summed E-state index contributed by atoms with van der Waals surface area (Å²) in [6.07, 6.45) is 1.81. The maximum absolute atomic E-state index is 12.8. The average molecular weight is 373 g/mol. The number of hydrogen-bond acceptors (Lipinski definition) is 6. The average Bonchev–Trinajstić information content (AvgIpc) is 3.11. The molecule has 0 bridgehead atoms. The van der Waals surface area contributed by atoms with Gasteiger partial charge in [0, 0.05) is 24.9 Å². The highest BCUT2D eigenvalue weighted by molar-refractivity contribution is 7.89. The molecule has 0 aromatic carbocycles. The van der Waals surface area contributed by atoms with Crippen molar-refractivity contribution < 1.29 is 22.7 Å². The Hall–Kier alpha value is -1.42. The van der Waals surface area contributed by atoms with Gasteiger partial charge in [0.05, 0.1) is 18.8 Å². The molecule has 8 nitrogen and oxygen atoms in total. The smallest absolute Gasteiger partial charge is 0.355 e. The van der Waals surface area contributed by atoms with E-state index in [-0.39, 0.29) is 23.7 Å². The number of nitrogens with one attached hydrogen (secondary N) is 3. The summed E-state index contributed by atoms with van der Waals surface area (Å²) in [6, 6.07) is 0. The lowest BCUT2D eigenvalue weighted by Gasteiger charge is -2.28. The molecule has 0 aliphatic carbocycles. The molecule has 1 aliphatic rings. The Morgan fingerprint density at radius 3 is 2.64 bits per heavy atom. The van der Waals surface area contributed by atoms with E-state index in [9.17, 15) is 13.2 Å². The van der Waals surface area contributed by atoms with Gasteiger partial charge in [0.2, 0.25) is 10.0 Å². The largest absolute Gasteiger partial charge is 0.461 e. The van der Waals surface area contributed by atoms with E-state index in [1.165, 1.54) is 0 Å². The van der Waals surface area contributed by atoms with Gasteiger partial charge in [0.15, 0.2) is 0 Å². The lowest BCUT2D eigenvalue weighted by atomic mass is 9.99. The van der Waals surface area contributed by atoms with Gasteiger partial charge in [0.25, 0.3) is 0 Å². The number of ether oxygens (including phenoxy) is 2. The van der Waals surface area contributed by atoms with Gasteiger partial charge >= 0.3 is 5.97 Å². The first-order chi connectivity index (χ1) is 11.8. The third-order valence-electron chi connectivity index (χ3n) is 4.47. The number of aromatic nitrogens is 1. The summed E-state index contributed by atoms with van der Waals surface area (Å²) in [6.45, 7) is 6.64. The van der Waals surface area contributed by atoms with E-state index in [4.69, 9.17) is 9.47 Å². The van der Waals surface area contributed by atoms with E-state index in [2.05, 4.69) is 15.0 Å². The van der Waals surface area contributed by atoms with Crippen LogP contribution in [0.2, 0.25) is 0 Å². The molecule has 3 N–H and O–H groups in total. The lowest BCUT2D eigenvalue weighted by Crippen LogP contribution is -2.52. The molecule has 1 aliphatic heterocycles. The number of aromatic amines is 1. The van der Waals surface area contributed by atoms with Crippen LogP contribution in [0.5, 0.6) is 0 Å². The van der Waals surface area contributed by atoms with E-state index in [0.717, 1.165) is 19.4 Å². The van der Waals surface area contributed by atoms with Crippen LogP contribution in [0.3, 0.4) is 0 Å². The third kappa shape index (κ3) is 4.22. The van der Waals surface area contributed by atoms with Crippen LogP contribution in [0.25, 0.3) is 0 Å². The topological polar surface area (TPSA) is 110 Å². The van der Waals surface area contributed by atoms with Crippen molar-refractivity contribution in [3.8, 4) is 0 Å². The summed E-state index contributed by atoms with van der Waals surface area (Å²) < 4.78 is 38.5. The molecule has 0 radical (unpaired) electrons. The van der Waals surface area contributed by atoms with Crippen molar-refractivity contribution in [1.29, 1.82) is 0 Å². The van der Waals surface area contributed by atoms with Gasteiger partial charge in [0.1, 0.15) is 10.6 Å². The molecule has 9 heteroatoms. The molecular weight excluding hydrogens is 346 g/mol. The van der Waals surface area contributed by atoms with Crippen LogP contribution in [-0.2, 0) is 19.5 Å². The van der Waals surface area contributed by atoms with Crippen LogP contribution in [0, 0.1) is 13.8 Å². The van der Waals surface area contributed by atoms with Gasteiger partial charge < -0.3 is 19.8 Å². The van der Waals surface area contributed by atoms with Gasteiger partial charge in [-0.3, -0.25) is 0 Å². The fourth-order valence-corrected chi connectivity index (χ4v) is 4.89. The number of carbonyl (C=O) groups is 1. The van der Waals surface area contributed by atoms with Crippen LogP contribution in [0.1, 0.15) is 41.5 Å². The van der Waals surface area contributed by atoms with E-state index in [0.29, 0.717) is 17.9 Å². The second-order valence-corrected chi connectivity index (χ2v) is 8.07. The predicted molar refractivity (Wildman–Crippen MR) is 93.3 cm³/mol. The van der Waals surface area contributed by atoms with E-state index in [1.54, 1.807) is 27.9 Å². The highest BCUT2D eigenvalue weighted by atomic mass is 32.2. The van der Waals surface area contributed by atoms with Crippen LogP contribution in [0.15, 0.2) is 4.90 Å². The van der Waals surface area contributed by atoms with Crippen molar-refractivity contribution in [1.82, 2.24) is 15.0 Å². The Balaban J connectivity index is 2.23. The molecule has 142 valence electrons. The van der Waals surface area contributed by atoms with Crippen molar-refractivity contribution in [2.75, 3.05) is 33.4 Å². The van der Waals surface area contributed by atoms with E-state index in [1.807, 2.05) is 0 Å². The van der Waals surface area contributed by atoms with Crippen molar-refractivity contribution in [2.24, 2.45) is 0 Å². The lowest BCUT2D eigenvalue weighted by molar-refractivity contribution is 0.0519. The van der Waals surface area contributed by atoms with Gasteiger partial charge in [-0.05, 0) is 40.2 Å². The second-order valence-electron chi connectivity index (χ2n) is 6.37. The number of esters is 1. The molecule has 1 aromatic rings. The first-order valence-electron chi connectivity index (χ1n) is 8.36. The molecule has 1 fully saturated rings. The monoisotopic (exact) mass is 373 g/mol. The Labute approximate surface area is 148 Å². The molecule has 2 heterocycles. The number of H-pyrrole nitrogens is 1. The molecule has 0 saturated carbocycles. The van der Waals surface area contributed by atoms with Crippen LogP contribution < -0.4 is 10.0 Å². The molecule has 1 atom stereocenters. The Kier molecular flexibility index (Phi) is 6.26. The molecule has 2 rings (SSSR count). The van der Waals surface area contributed by atoms with Gasteiger partial charge in [-0.1, -0.05) is 0 Å². The zero-order valence-electron chi connectivity index (χ0n) is 15.2. The zero-order valence-corrected chi connectivity index (χ0v) is 16.0. The maximum atomic E-state index is 12.8. The standard InChI is InChI=1S/C16H27N3O5S/c1-5-24-15(20)13-11(2)14(12(3)19-13)25(21,22)18-9-16(10-23-4)7-6-8-17-16/h17-19H,5-10H2,1-4H3. The number of methoxy groups -OCH3 is 1. The number of carbonyl (C=O) groups excluding carboxylic acids is 1.